The Hall–Kier alpha value is -2.11. The summed E-state index contributed by atoms with van der Waals surface area (Å²) in [7, 11) is 0. The highest BCUT2D eigenvalue weighted by Crippen LogP contribution is 2.36. The summed E-state index contributed by atoms with van der Waals surface area (Å²) < 4.78 is 0. The minimum atomic E-state index is -0.222. The van der Waals surface area contributed by atoms with Crippen LogP contribution < -0.4 is 5.73 Å². The first kappa shape index (κ1) is 15.8. The van der Waals surface area contributed by atoms with Crippen LogP contribution in [0.15, 0.2) is 30.3 Å². The molecule has 0 unspecified atom stereocenters. The third-order valence-corrected chi connectivity index (χ3v) is 3.99. The maximum absolute atomic E-state index is 10.7. The van der Waals surface area contributed by atoms with Gasteiger partial charge in [0.15, 0.2) is 0 Å². The average Bonchev–Trinajstić information content (AvgIpc) is 2.89. The Morgan fingerprint density at radius 3 is 2.48 bits per heavy atom. The van der Waals surface area contributed by atoms with Crippen molar-refractivity contribution in [3.63, 3.8) is 0 Å². The zero-order valence-electron chi connectivity index (χ0n) is 13.3. The summed E-state index contributed by atoms with van der Waals surface area (Å²) in [6.45, 7) is 6.50. The number of nitrogens with zero attached hydrogens (tertiary/aromatic N) is 3. The molecule has 1 aromatic heterocycles. The van der Waals surface area contributed by atoms with E-state index in [1.807, 2.05) is 32.9 Å². The molecule has 0 saturated carbocycles. The van der Waals surface area contributed by atoms with Crippen LogP contribution in [0.2, 0.25) is 5.02 Å². The first-order valence-electron chi connectivity index (χ1n) is 7.39. The van der Waals surface area contributed by atoms with Gasteiger partial charge in [0.25, 0.3) is 0 Å². The lowest BCUT2D eigenvalue weighted by Gasteiger charge is -2.22. The predicted molar refractivity (Wildman–Crippen MR) is 92.1 cm³/mol. The minimum absolute atomic E-state index is 0.168. The standard InChI is InChI=1S/C17H19ClN4O/c1-17(2,3)12-6-10(9-19)7-15(16(12)23)22-20-13-5-4-11(18)8-14(13)21-22/h4-8,23H,9,19H2,1-3H3. The highest BCUT2D eigenvalue weighted by atomic mass is 35.5. The average molecular weight is 331 g/mol. The van der Waals surface area contributed by atoms with Crippen LogP contribution in [0.1, 0.15) is 31.9 Å². The first-order valence-corrected chi connectivity index (χ1v) is 7.77. The number of fused-ring (bicyclic) bond motifs is 1. The second-order valence-corrected chi connectivity index (χ2v) is 7.02. The number of aromatic nitrogens is 3. The normalized spacial score (nSPS) is 12.0. The van der Waals surface area contributed by atoms with Gasteiger partial charge in [-0.05, 0) is 35.2 Å². The summed E-state index contributed by atoms with van der Waals surface area (Å²) >= 11 is 6.00. The molecule has 120 valence electrons. The van der Waals surface area contributed by atoms with Gasteiger partial charge in [-0.3, -0.25) is 0 Å². The lowest BCUT2D eigenvalue weighted by molar-refractivity contribution is 0.440. The van der Waals surface area contributed by atoms with Gasteiger partial charge in [0.05, 0.1) is 0 Å². The zero-order valence-corrected chi connectivity index (χ0v) is 14.1. The lowest BCUT2D eigenvalue weighted by atomic mass is 9.85. The van der Waals surface area contributed by atoms with Gasteiger partial charge in [-0.2, -0.15) is 0 Å². The minimum Gasteiger partial charge on any atom is -0.505 e. The molecular formula is C17H19ClN4O. The number of rotatable bonds is 2. The number of benzene rings is 2. The van der Waals surface area contributed by atoms with Gasteiger partial charge in [0, 0.05) is 17.1 Å². The molecule has 0 radical (unpaired) electrons. The number of phenolic OH excluding ortho intramolecular Hbond substituents is 1. The van der Waals surface area contributed by atoms with Crippen molar-refractivity contribution in [1.82, 2.24) is 15.0 Å². The highest BCUT2D eigenvalue weighted by molar-refractivity contribution is 6.31. The molecule has 0 atom stereocenters. The quantitative estimate of drug-likeness (QED) is 0.753. The van der Waals surface area contributed by atoms with E-state index < -0.39 is 0 Å². The largest absolute Gasteiger partial charge is 0.505 e. The monoisotopic (exact) mass is 330 g/mol. The van der Waals surface area contributed by atoms with Crippen molar-refractivity contribution in [2.75, 3.05) is 0 Å². The van der Waals surface area contributed by atoms with Crippen LogP contribution in [0.3, 0.4) is 0 Å². The van der Waals surface area contributed by atoms with Crippen molar-refractivity contribution in [2.45, 2.75) is 32.7 Å². The number of hydrogen-bond donors (Lipinski definition) is 2. The van der Waals surface area contributed by atoms with Crippen LogP contribution in [0, 0.1) is 0 Å². The first-order chi connectivity index (χ1) is 10.8. The number of halogens is 1. The molecule has 1 heterocycles. The molecule has 0 amide bonds. The van der Waals surface area contributed by atoms with E-state index in [2.05, 4.69) is 10.2 Å². The summed E-state index contributed by atoms with van der Waals surface area (Å²) in [6, 6.07) is 9.05. The van der Waals surface area contributed by atoms with E-state index in [-0.39, 0.29) is 11.2 Å². The summed E-state index contributed by atoms with van der Waals surface area (Å²) in [4.78, 5) is 1.44. The Labute approximate surface area is 139 Å². The number of aromatic hydroxyl groups is 1. The highest BCUT2D eigenvalue weighted by Gasteiger charge is 2.23. The SMILES string of the molecule is CC(C)(C)c1cc(CN)cc(-n2nc3ccc(Cl)cc3n2)c1O. The molecule has 2 aromatic carbocycles. The van der Waals surface area contributed by atoms with Gasteiger partial charge in [-0.15, -0.1) is 15.0 Å². The number of nitrogens with two attached hydrogens (primary N) is 1. The molecule has 0 saturated heterocycles. The topological polar surface area (TPSA) is 77.0 Å². The molecule has 0 bridgehead atoms. The number of hydrogen-bond acceptors (Lipinski definition) is 4. The molecule has 0 fully saturated rings. The van der Waals surface area contributed by atoms with Crippen molar-refractivity contribution in [3.05, 3.63) is 46.5 Å². The van der Waals surface area contributed by atoms with E-state index >= 15 is 0 Å². The van der Waals surface area contributed by atoms with Crippen LogP contribution in [0.5, 0.6) is 5.75 Å². The Balaban J connectivity index is 2.24. The number of phenols is 1. The van der Waals surface area contributed by atoms with Gasteiger partial charge in [-0.1, -0.05) is 38.4 Å². The molecule has 3 aromatic rings. The van der Waals surface area contributed by atoms with E-state index in [0.29, 0.717) is 28.3 Å². The Morgan fingerprint density at radius 2 is 1.83 bits per heavy atom. The van der Waals surface area contributed by atoms with E-state index in [1.165, 1.54) is 4.80 Å². The van der Waals surface area contributed by atoms with Crippen molar-refractivity contribution >= 4 is 22.6 Å². The summed E-state index contributed by atoms with van der Waals surface area (Å²) in [6.07, 6.45) is 0. The van der Waals surface area contributed by atoms with Crippen LogP contribution in [0.4, 0.5) is 0 Å². The fourth-order valence-electron chi connectivity index (χ4n) is 2.51. The van der Waals surface area contributed by atoms with E-state index in [1.54, 1.807) is 18.2 Å². The summed E-state index contributed by atoms with van der Waals surface area (Å²) in [5.74, 6) is 0.168. The van der Waals surface area contributed by atoms with Crippen LogP contribution in [-0.2, 0) is 12.0 Å². The fourth-order valence-corrected chi connectivity index (χ4v) is 2.68. The van der Waals surface area contributed by atoms with E-state index in [4.69, 9.17) is 17.3 Å². The molecule has 0 spiro atoms. The fraction of sp³-hybridized carbons (Fsp3) is 0.294. The van der Waals surface area contributed by atoms with Gasteiger partial charge < -0.3 is 10.8 Å². The molecule has 3 N–H and O–H groups in total. The molecule has 3 rings (SSSR count). The van der Waals surface area contributed by atoms with Crippen LogP contribution >= 0.6 is 11.6 Å². The predicted octanol–water partition coefficient (Wildman–Crippen LogP) is 3.54. The third-order valence-electron chi connectivity index (χ3n) is 3.75. The van der Waals surface area contributed by atoms with Crippen molar-refractivity contribution in [2.24, 2.45) is 5.73 Å². The Morgan fingerprint density at radius 1 is 1.13 bits per heavy atom. The molecule has 5 nitrogen and oxygen atoms in total. The molecule has 0 aliphatic rings. The third kappa shape index (κ3) is 2.90. The van der Waals surface area contributed by atoms with Gasteiger partial charge in [0.1, 0.15) is 22.5 Å². The second kappa shape index (κ2) is 5.51. The van der Waals surface area contributed by atoms with Gasteiger partial charge >= 0.3 is 0 Å². The Bertz CT molecular complexity index is 880. The van der Waals surface area contributed by atoms with Crippen molar-refractivity contribution < 1.29 is 5.11 Å². The van der Waals surface area contributed by atoms with Crippen LogP contribution in [-0.4, -0.2) is 20.1 Å². The maximum Gasteiger partial charge on any atom is 0.146 e. The molecule has 23 heavy (non-hydrogen) atoms. The maximum atomic E-state index is 10.7. The lowest BCUT2D eigenvalue weighted by Crippen LogP contribution is -2.14. The molecule has 0 aliphatic heterocycles. The molecule has 0 aliphatic carbocycles. The molecular weight excluding hydrogens is 312 g/mol. The summed E-state index contributed by atoms with van der Waals surface area (Å²) in [5, 5.41) is 20.2. The molecule has 6 heteroatoms. The van der Waals surface area contributed by atoms with E-state index in [0.717, 1.165) is 11.1 Å². The van der Waals surface area contributed by atoms with Gasteiger partial charge in [-0.25, -0.2) is 0 Å². The van der Waals surface area contributed by atoms with Crippen LogP contribution in [0.25, 0.3) is 16.7 Å². The Kier molecular flexibility index (Phi) is 3.78. The van der Waals surface area contributed by atoms with Crippen molar-refractivity contribution in [3.8, 4) is 11.4 Å². The van der Waals surface area contributed by atoms with E-state index in [9.17, 15) is 5.11 Å². The summed E-state index contributed by atoms with van der Waals surface area (Å²) in [5.41, 5.74) is 9.22. The van der Waals surface area contributed by atoms with Gasteiger partial charge in [0.2, 0.25) is 0 Å². The smallest absolute Gasteiger partial charge is 0.146 e. The van der Waals surface area contributed by atoms with Crippen molar-refractivity contribution in [1.29, 1.82) is 0 Å². The zero-order chi connectivity index (χ0) is 16.8. The second-order valence-electron chi connectivity index (χ2n) is 6.59.